The number of hydrogen-bond acceptors (Lipinski definition) is 3. The van der Waals surface area contributed by atoms with Crippen LogP contribution < -0.4 is 0 Å². The molecule has 1 fully saturated rings. The van der Waals surface area contributed by atoms with Gasteiger partial charge in [0.25, 0.3) is 0 Å². The van der Waals surface area contributed by atoms with Crippen LogP contribution in [0.2, 0.25) is 0 Å². The van der Waals surface area contributed by atoms with Gasteiger partial charge in [-0.05, 0) is 6.92 Å². The molecule has 0 radical (unpaired) electrons. The minimum absolute atomic E-state index is 0.132. The Labute approximate surface area is 59.8 Å². The van der Waals surface area contributed by atoms with Crippen LogP contribution in [0.25, 0.3) is 0 Å². The van der Waals surface area contributed by atoms with Gasteiger partial charge in [-0.3, -0.25) is 0 Å². The normalized spacial score (nSPS) is 26.5. The first kappa shape index (κ1) is 7.05. The van der Waals surface area contributed by atoms with E-state index in [0.29, 0.717) is 13.0 Å². The second-order valence-corrected chi connectivity index (χ2v) is 2.34. The Morgan fingerprint density at radius 3 is 2.50 bits per heavy atom. The van der Waals surface area contributed by atoms with Gasteiger partial charge in [0.1, 0.15) is 0 Å². The summed E-state index contributed by atoms with van der Waals surface area (Å²) in [6.45, 7) is 2.44. The topological polar surface area (TPSA) is 56.8 Å². The van der Waals surface area contributed by atoms with Crippen LogP contribution >= 0.6 is 0 Å². The van der Waals surface area contributed by atoms with E-state index in [9.17, 15) is 0 Å². The highest BCUT2D eigenvalue weighted by Gasteiger charge is 2.57. The zero-order chi connectivity index (χ0) is 7.61. The Balaban J connectivity index is 2.50. The van der Waals surface area contributed by atoms with Crippen LogP contribution in [0, 0.1) is 28.1 Å². The molecule has 0 aromatic carbocycles. The monoisotopic (exact) mass is 136 g/mol. The molecule has 52 valence electrons. The van der Waals surface area contributed by atoms with Gasteiger partial charge in [-0.2, -0.15) is 10.5 Å². The lowest BCUT2D eigenvalue weighted by Crippen LogP contribution is -2.04. The van der Waals surface area contributed by atoms with Gasteiger partial charge >= 0.3 is 0 Å². The first-order valence-corrected chi connectivity index (χ1v) is 3.23. The molecule has 1 aliphatic rings. The Hall–Kier alpha value is -1.06. The smallest absolute Gasteiger partial charge is 0.172 e. The first-order chi connectivity index (χ1) is 4.79. The van der Waals surface area contributed by atoms with E-state index in [2.05, 4.69) is 0 Å². The summed E-state index contributed by atoms with van der Waals surface area (Å²) < 4.78 is 5.11. The molecule has 0 N–H and O–H groups in total. The van der Waals surface area contributed by atoms with Crippen molar-refractivity contribution in [1.29, 1.82) is 10.5 Å². The Morgan fingerprint density at radius 2 is 2.20 bits per heavy atom. The second-order valence-electron chi connectivity index (χ2n) is 2.34. The van der Waals surface area contributed by atoms with Crippen LogP contribution in [0.15, 0.2) is 0 Å². The van der Waals surface area contributed by atoms with Crippen molar-refractivity contribution in [3.8, 4) is 12.1 Å². The molecule has 0 bridgehead atoms. The molecule has 0 aromatic heterocycles. The zero-order valence-electron chi connectivity index (χ0n) is 5.79. The fourth-order valence-corrected chi connectivity index (χ4v) is 0.896. The first-order valence-electron chi connectivity index (χ1n) is 3.23. The molecular formula is C7H8N2O. The van der Waals surface area contributed by atoms with Gasteiger partial charge in [0.05, 0.1) is 18.2 Å². The van der Waals surface area contributed by atoms with Crippen LogP contribution in [0.1, 0.15) is 13.3 Å². The van der Waals surface area contributed by atoms with E-state index in [1.54, 1.807) is 0 Å². The van der Waals surface area contributed by atoms with Crippen LogP contribution in [-0.4, -0.2) is 12.7 Å². The fourth-order valence-electron chi connectivity index (χ4n) is 0.896. The number of ether oxygens (including phenoxy) is 1. The predicted molar refractivity (Wildman–Crippen MR) is 33.7 cm³/mol. The van der Waals surface area contributed by atoms with Crippen LogP contribution in [0.5, 0.6) is 0 Å². The molecule has 0 aliphatic heterocycles. The van der Waals surface area contributed by atoms with Gasteiger partial charge in [0.15, 0.2) is 5.41 Å². The number of rotatable bonds is 2. The third-order valence-corrected chi connectivity index (χ3v) is 1.66. The number of hydrogen-bond donors (Lipinski definition) is 0. The molecular weight excluding hydrogens is 128 g/mol. The summed E-state index contributed by atoms with van der Waals surface area (Å²) in [5.41, 5.74) is -0.810. The van der Waals surface area contributed by atoms with Crippen LogP contribution in [-0.2, 0) is 4.74 Å². The van der Waals surface area contributed by atoms with Crippen molar-refractivity contribution in [1.82, 2.24) is 0 Å². The third kappa shape index (κ3) is 0.853. The van der Waals surface area contributed by atoms with Gasteiger partial charge in [-0.1, -0.05) is 0 Å². The molecule has 3 nitrogen and oxygen atoms in total. The van der Waals surface area contributed by atoms with E-state index < -0.39 is 5.41 Å². The van der Waals surface area contributed by atoms with Crippen LogP contribution in [0.4, 0.5) is 0 Å². The van der Waals surface area contributed by atoms with E-state index in [4.69, 9.17) is 15.3 Å². The summed E-state index contributed by atoms with van der Waals surface area (Å²) in [6, 6.07) is 3.90. The number of nitriles is 2. The molecule has 0 amide bonds. The average molecular weight is 136 g/mol. The molecule has 0 saturated heterocycles. The van der Waals surface area contributed by atoms with Gasteiger partial charge in [0.2, 0.25) is 0 Å². The molecule has 1 saturated carbocycles. The van der Waals surface area contributed by atoms with Gasteiger partial charge in [-0.25, -0.2) is 0 Å². The van der Waals surface area contributed by atoms with Crippen LogP contribution in [0.3, 0.4) is 0 Å². The maximum absolute atomic E-state index is 8.50. The highest BCUT2D eigenvalue weighted by atomic mass is 16.5. The minimum atomic E-state index is -0.810. The fraction of sp³-hybridized carbons (Fsp3) is 0.714. The molecule has 10 heavy (non-hydrogen) atoms. The number of nitrogens with zero attached hydrogens (tertiary/aromatic N) is 2. The van der Waals surface area contributed by atoms with Gasteiger partial charge in [-0.15, -0.1) is 0 Å². The Morgan fingerprint density at radius 1 is 1.60 bits per heavy atom. The van der Waals surface area contributed by atoms with Crippen molar-refractivity contribution in [2.75, 3.05) is 6.61 Å². The molecule has 3 heteroatoms. The maximum Gasteiger partial charge on any atom is 0.172 e. The lowest BCUT2D eigenvalue weighted by atomic mass is 10.2. The van der Waals surface area contributed by atoms with E-state index in [1.807, 2.05) is 19.1 Å². The maximum atomic E-state index is 8.50. The Kier molecular flexibility index (Phi) is 1.61. The van der Waals surface area contributed by atoms with Gasteiger partial charge < -0.3 is 4.74 Å². The molecule has 0 aromatic rings. The lowest BCUT2D eigenvalue weighted by Gasteiger charge is -1.96. The molecule has 1 rings (SSSR count). The van der Waals surface area contributed by atoms with Crippen molar-refractivity contribution in [3.63, 3.8) is 0 Å². The highest BCUT2D eigenvalue weighted by Crippen LogP contribution is 2.46. The van der Waals surface area contributed by atoms with Crippen molar-refractivity contribution in [2.24, 2.45) is 5.41 Å². The predicted octanol–water partition coefficient (Wildman–Crippen LogP) is 0.829. The lowest BCUT2D eigenvalue weighted by molar-refractivity contribution is 0.119. The molecule has 0 heterocycles. The van der Waals surface area contributed by atoms with E-state index in [-0.39, 0.29) is 6.10 Å². The molecule has 0 spiro atoms. The van der Waals surface area contributed by atoms with E-state index >= 15 is 0 Å². The summed E-state index contributed by atoms with van der Waals surface area (Å²) in [5.74, 6) is 0. The largest absolute Gasteiger partial charge is 0.376 e. The average Bonchev–Trinajstić information content (AvgIpc) is 2.65. The highest BCUT2D eigenvalue weighted by molar-refractivity contribution is 5.29. The van der Waals surface area contributed by atoms with Crippen molar-refractivity contribution >= 4 is 0 Å². The second kappa shape index (κ2) is 2.28. The summed E-state index contributed by atoms with van der Waals surface area (Å²) in [4.78, 5) is 0. The summed E-state index contributed by atoms with van der Waals surface area (Å²) >= 11 is 0. The summed E-state index contributed by atoms with van der Waals surface area (Å²) in [6.07, 6.45) is 0.445. The van der Waals surface area contributed by atoms with Crippen molar-refractivity contribution in [3.05, 3.63) is 0 Å². The van der Waals surface area contributed by atoms with E-state index in [0.717, 1.165) is 0 Å². The quantitative estimate of drug-likeness (QED) is 0.564. The zero-order valence-corrected chi connectivity index (χ0v) is 5.79. The summed E-state index contributed by atoms with van der Waals surface area (Å²) in [5, 5.41) is 17.0. The summed E-state index contributed by atoms with van der Waals surface area (Å²) in [7, 11) is 0. The molecule has 1 aliphatic carbocycles. The molecule has 1 unspecified atom stereocenters. The van der Waals surface area contributed by atoms with Crippen molar-refractivity contribution < 1.29 is 4.74 Å². The third-order valence-electron chi connectivity index (χ3n) is 1.66. The SMILES string of the molecule is CCOC1CC1(C#N)C#N. The standard InChI is InChI=1S/C7H8N2O/c1-2-10-6-3-7(6,4-8)5-9/h6H,2-3H2,1H3. The Bertz CT molecular complexity index is 197. The van der Waals surface area contributed by atoms with Crippen molar-refractivity contribution in [2.45, 2.75) is 19.4 Å². The minimum Gasteiger partial charge on any atom is -0.376 e. The van der Waals surface area contributed by atoms with E-state index in [1.165, 1.54) is 0 Å². The van der Waals surface area contributed by atoms with Gasteiger partial charge in [0, 0.05) is 13.0 Å². The molecule has 1 atom stereocenters.